The van der Waals surface area contributed by atoms with Crippen LogP contribution >= 0.6 is 0 Å². The van der Waals surface area contributed by atoms with Gasteiger partial charge < -0.3 is 15.1 Å². The number of imide groups is 1. The van der Waals surface area contributed by atoms with Gasteiger partial charge in [-0.2, -0.15) is 0 Å². The molecule has 2 saturated heterocycles. The monoisotopic (exact) mass is 406 g/mol. The summed E-state index contributed by atoms with van der Waals surface area (Å²) in [4.78, 5) is 40.3. The molecule has 156 valence electrons. The molecule has 4 amide bonds. The number of piperazine rings is 1. The van der Waals surface area contributed by atoms with Gasteiger partial charge in [-0.15, -0.1) is 0 Å². The largest absolute Gasteiger partial charge is 0.365 e. The number of hydrogen-bond acceptors (Lipinski definition) is 4. The maximum atomic E-state index is 13.5. The number of urea groups is 1. The molecule has 29 heavy (non-hydrogen) atoms. The zero-order valence-corrected chi connectivity index (χ0v) is 16.2. The van der Waals surface area contributed by atoms with Crippen molar-refractivity contribution in [3.8, 4) is 0 Å². The molecule has 1 saturated carbocycles. The zero-order chi connectivity index (χ0) is 20.8. The quantitative estimate of drug-likeness (QED) is 0.731. The average molecular weight is 406 g/mol. The van der Waals surface area contributed by atoms with Crippen molar-refractivity contribution in [3.63, 3.8) is 0 Å². The maximum Gasteiger partial charge on any atom is 0.322 e. The molecule has 2 atom stereocenters. The minimum atomic E-state index is -0.973. The fourth-order valence-corrected chi connectivity index (χ4v) is 4.48. The number of carbonyl (C=O) groups excluding carboxylic acids is 3. The summed E-state index contributed by atoms with van der Waals surface area (Å²) in [6.45, 7) is 3.21. The fraction of sp³-hybridized carbons (Fsp3) is 0.550. The van der Waals surface area contributed by atoms with Gasteiger partial charge in [0.1, 0.15) is 17.2 Å². The van der Waals surface area contributed by atoms with E-state index in [2.05, 4.69) is 10.6 Å². The lowest BCUT2D eigenvalue weighted by Gasteiger charge is -2.41. The van der Waals surface area contributed by atoms with Crippen molar-refractivity contribution in [2.45, 2.75) is 44.2 Å². The van der Waals surface area contributed by atoms with Crippen LogP contribution in [-0.4, -0.2) is 54.0 Å². The van der Waals surface area contributed by atoms with E-state index < -0.39 is 23.2 Å². The van der Waals surface area contributed by atoms with Crippen LogP contribution in [-0.2, 0) is 9.59 Å². The first-order valence-corrected chi connectivity index (χ1v) is 9.92. The van der Waals surface area contributed by atoms with Crippen molar-refractivity contribution in [3.05, 3.63) is 29.8 Å². The first kappa shape index (κ1) is 19.6. The van der Waals surface area contributed by atoms with Crippen molar-refractivity contribution < 1.29 is 23.2 Å². The van der Waals surface area contributed by atoms with E-state index in [4.69, 9.17) is 0 Å². The Morgan fingerprint density at radius 3 is 2.41 bits per heavy atom. The third-order valence-electron chi connectivity index (χ3n) is 6.14. The van der Waals surface area contributed by atoms with E-state index in [0.29, 0.717) is 25.3 Å². The standard InChI is InChI=1S/C20H24F2N4O3/c1-12-11-25(6-7-26(12)16-9-14(21)8-15(22)10-16)17(27)4-5-20(13-2-3-13)18(28)23-19(29)24-20/h8-10,12-13H,2-7,11H2,1H3,(H2,23,24,28,29). The third kappa shape index (κ3) is 3.77. The zero-order valence-electron chi connectivity index (χ0n) is 16.2. The molecular weight excluding hydrogens is 382 g/mol. The Morgan fingerprint density at radius 1 is 1.17 bits per heavy atom. The van der Waals surface area contributed by atoms with E-state index in [9.17, 15) is 23.2 Å². The Balaban J connectivity index is 1.37. The normalized spacial score (nSPS) is 27.1. The predicted molar refractivity (Wildman–Crippen MR) is 101 cm³/mol. The number of nitrogens with one attached hydrogen (secondary N) is 2. The van der Waals surface area contributed by atoms with Crippen molar-refractivity contribution in [1.82, 2.24) is 15.5 Å². The van der Waals surface area contributed by atoms with Gasteiger partial charge in [0.15, 0.2) is 0 Å². The second-order valence-electron chi connectivity index (χ2n) is 8.16. The summed E-state index contributed by atoms with van der Waals surface area (Å²) >= 11 is 0. The number of hydrogen-bond donors (Lipinski definition) is 2. The molecule has 2 N–H and O–H groups in total. The van der Waals surface area contributed by atoms with E-state index in [1.807, 2.05) is 11.8 Å². The second-order valence-corrected chi connectivity index (χ2v) is 8.16. The molecule has 3 fully saturated rings. The smallest absolute Gasteiger partial charge is 0.322 e. The fourth-order valence-electron chi connectivity index (χ4n) is 4.48. The van der Waals surface area contributed by atoms with Crippen molar-refractivity contribution in [2.24, 2.45) is 5.92 Å². The third-order valence-corrected chi connectivity index (χ3v) is 6.14. The number of anilines is 1. The summed E-state index contributed by atoms with van der Waals surface area (Å²) in [6, 6.07) is 2.80. The summed E-state index contributed by atoms with van der Waals surface area (Å²) in [5, 5.41) is 5.03. The van der Waals surface area contributed by atoms with Crippen molar-refractivity contribution in [1.29, 1.82) is 0 Å². The summed E-state index contributed by atoms with van der Waals surface area (Å²) in [5.74, 6) is -1.61. The van der Waals surface area contributed by atoms with Crippen LogP contribution in [0.3, 0.4) is 0 Å². The summed E-state index contributed by atoms with van der Waals surface area (Å²) in [6.07, 6.45) is 2.16. The van der Waals surface area contributed by atoms with E-state index >= 15 is 0 Å². The molecule has 2 unspecified atom stereocenters. The van der Waals surface area contributed by atoms with Gasteiger partial charge >= 0.3 is 6.03 Å². The Kier molecular flexibility index (Phi) is 4.92. The van der Waals surface area contributed by atoms with E-state index in [1.54, 1.807) is 4.90 Å². The molecule has 1 aliphatic carbocycles. The SMILES string of the molecule is CC1CN(C(=O)CCC2(C3CC3)NC(=O)NC2=O)CCN1c1cc(F)cc(F)c1. The minimum absolute atomic E-state index is 0.0837. The van der Waals surface area contributed by atoms with Gasteiger partial charge in [0.05, 0.1) is 0 Å². The van der Waals surface area contributed by atoms with E-state index in [1.165, 1.54) is 12.1 Å². The van der Waals surface area contributed by atoms with Crippen LogP contribution in [0, 0.1) is 17.6 Å². The van der Waals surface area contributed by atoms with Gasteiger partial charge in [-0.05, 0) is 44.2 Å². The Bertz CT molecular complexity index is 840. The highest BCUT2D eigenvalue weighted by Gasteiger charge is 2.55. The molecule has 2 aliphatic heterocycles. The van der Waals surface area contributed by atoms with Crippen LogP contribution in [0.4, 0.5) is 19.3 Å². The number of benzene rings is 1. The molecule has 0 spiro atoms. The van der Waals surface area contributed by atoms with Gasteiger partial charge in [-0.3, -0.25) is 14.9 Å². The van der Waals surface area contributed by atoms with Crippen molar-refractivity contribution >= 4 is 23.5 Å². The molecule has 0 bridgehead atoms. The minimum Gasteiger partial charge on any atom is -0.365 e. The lowest BCUT2D eigenvalue weighted by Crippen LogP contribution is -2.54. The van der Waals surface area contributed by atoms with Crippen LogP contribution in [0.1, 0.15) is 32.6 Å². The lowest BCUT2D eigenvalue weighted by atomic mass is 9.87. The van der Waals surface area contributed by atoms with Crippen LogP contribution in [0.25, 0.3) is 0 Å². The first-order chi connectivity index (χ1) is 13.8. The highest BCUT2D eigenvalue weighted by molar-refractivity contribution is 6.07. The van der Waals surface area contributed by atoms with E-state index in [0.717, 1.165) is 18.9 Å². The second kappa shape index (κ2) is 7.27. The van der Waals surface area contributed by atoms with Crippen molar-refractivity contribution in [2.75, 3.05) is 24.5 Å². The van der Waals surface area contributed by atoms with Gasteiger partial charge in [0, 0.05) is 43.9 Å². The van der Waals surface area contributed by atoms with Gasteiger partial charge in [-0.1, -0.05) is 0 Å². The molecular formula is C20H24F2N4O3. The van der Waals surface area contributed by atoms with Crippen LogP contribution in [0.2, 0.25) is 0 Å². The molecule has 4 rings (SSSR count). The Morgan fingerprint density at radius 2 is 1.86 bits per heavy atom. The topological polar surface area (TPSA) is 81.8 Å². The highest BCUT2D eigenvalue weighted by Crippen LogP contribution is 2.43. The lowest BCUT2D eigenvalue weighted by molar-refractivity contribution is -0.133. The summed E-state index contributed by atoms with van der Waals surface area (Å²) < 4.78 is 27.1. The molecule has 1 aromatic carbocycles. The molecule has 7 nitrogen and oxygen atoms in total. The number of rotatable bonds is 5. The molecule has 1 aromatic rings. The Hall–Kier alpha value is -2.71. The number of amides is 4. The summed E-state index contributed by atoms with van der Waals surface area (Å²) in [5.41, 5.74) is -0.514. The molecule has 0 aromatic heterocycles. The predicted octanol–water partition coefficient (Wildman–Crippen LogP) is 1.77. The average Bonchev–Trinajstić information content (AvgIpc) is 3.45. The highest BCUT2D eigenvalue weighted by atomic mass is 19.1. The molecule has 9 heteroatoms. The number of halogens is 2. The first-order valence-electron chi connectivity index (χ1n) is 9.92. The molecule has 3 aliphatic rings. The van der Waals surface area contributed by atoms with Crippen LogP contribution < -0.4 is 15.5 Å². The molecule has 2 heterocycles. The summed E-state index contributed by atoms with van der Waals surface area (Å²) in [7, 11) is 0. The Labute approximate surface area is 167 Å². The van der Waals surface area contributed by atoms with Crippen LogP contribution in [0.15, 0.2) is 18.2 Å². The van der Waals surface area contributed by atoms with Gasteiger partial charge in [-0.25, -0.2) is 13.6 Å². The van der Waals surface area contributed by atoms with Gasteiger partial charge in [0.2, 0.25) is 5.91 Å². The van der Waals surface area contributed by atoms with Gasteiger partial charge in [0.25, 0.3) is 5.91 Å². The molecule has 0 radical (unpaired) electrons. The van der Waals surface area contributed by atoms with Crippen LogP contribution in [0.5, 0.6) is 0 Å². The van der Waals surface area contributed by atoms with E-state index in [-0.39, 0.29) is 36.6 Å². The number of carbonyl (C=O) groups is 3. The number of nitrogens with zero attached hydrogens (tertiary/aromatic N) is 2. The maximum absolute atomic E-state index is 13.5.